The van der Waals surface area contributed by atoms with Crippen molar-refractivity contribution in [3.8, 4) is 5.75 Å². The summed E-state index contributed by atoms with van der Waals surface area (Å²) in [5.74, 6) is 2.38. The molecule has 1 heterocycles. The van der Waals surface area contributed by atoms with E-state index < -0.39 is 0 Å². The first-order valence-electron chi connectivity index (χ1n) is 6.98. The summed E-state index contributed by atoms with van der Waals surface area (Å²) in [4.78, 5) is 4.40. The topological polar surface area (TPSA) is 45.6 Å². The molecule has 2 rings (SSSR count). The molecule has 0 atom stereocenters. The van der Waals surface area contributed by atoms with Crippen LogP contribution in [0.3, 0.4) is 0 Å². The van der Waals surface area contributed by atoms with Crippen molar-refractivity contribution in [3.63, 3.8) is 0 Å². The van der Waals surface area contributed by atoms with Gasteiger partial charge in [-0.2, -0.15) is 0 Å². The van der Waals surface area contributed by atoms with Crippen LogP contribution in [0.25, 0.3) is 0 Å². The van der Waals surface area contributed by atoms with Crippen LogP contribution in [0, 0.1) is 5.92 Å². The molecule has 0 radical (unpaired) electrons. The lowest BCUT2D eigenvalue weighted by Crippen LogP contribution is -2.40. The third kappa shape index (κ3) is 5.56. The van der Waals surface area contributed by atoms with E-state index in [1.165, 1.54) is 5.56 Å². The second kappa shape index (κ2) is 9.05. The Bertz CT molecular complexity index is 435. The minimum atomic E-state index is 0. The molecule has 0 aliphatic carbocycles. The summed E-state index contributed by atoms with van der Waals surface area (Å²) in [7, 11) is 0. The van der Waals surface area contributed by atoms with Gasteiger partial charge in [-0.1, -0.05) is 32.0 Å². The van der Waals surface area contributed by atoms with Crippen molar-refractivity contribution >= 4 is 29.9 Å². The Morgan fingerprint density at radius 2 is 2.15 bits per heavy atom. The Morgan fingerprint density at radius 1 is 1.35 bits per heavy atom. The lowest BCUT2D eigenvalue weighted by Gasteiger charge is -2.17. The smallest absolute Gasteiger partial charge is 0.191 e. The molecule has 4 nitrogen and oxygen atoms in total. The number of benzene rings is 1. The van der Waals surface area contributed by atoms with E-state index in [2.05, 4.69) is 35.5 Å². The zero-order valence-corrected chi connectivity index (χ0v) is 14.5. The zero-order chi connectivity index (χ0) is 13.5. The van der Waals surface area contributed by atoms with Crippen molar-refractivity contribution in [2.24, 2.45) is 10.9 Å². The molecule has 1 aromatic carbocycles. The number of para-hydroxylation sites is 1. The normalized spacial score (nSPS) is 14.1. The summed E-state index contributed by atoms with van der Waals surface area (Å²) in [5.41, 5.74) is 1.17. The van der Waals surface area contributed by atoms with E-state index in [4.69, 9.17) is 4.74 Å². The molecule has 1 aliphatic rings. The Hall–Kier alpha value is -0.980. The van der Waals surface area contributed by atoms with Crippen LogP contribution in [0.1, 0.15) is 25.8 Å². The molecule has 0 saturated carbocycles. The van der Waals surface area contributed by atoms with Gasteiger partial charge in [0.25, 0.3) is 0 Å². The van der Waals surface area contributed by atoms with Crippen molar-refractivity contribution in [2.45, 2.75) is 26.8 Å². The fraction of sp³-hybridized carbons (Fsp3) is 0.533. The van der Waals surface area contributed by atoms with Gasteiger partial charge in [0.15, 0.2) is 5.96 Å². The first kappa shape index (κ1) is 17.1. The van der Waals surface area contributed by atoms with Crippen LogP contribution < -0.4 is 15.4 Å². The van der Waals surface area contributed by atoms with Crippen LogP contribution in [-0.2, 0) is 6.54 Å². The van der Waals surface area contributed by atoms with Crippen LogP contribution in [0.5, 0.6) is 5.75 Å². The van der Waals surface area contributed by atoms with Crippen molar-refractivity contribution in [1.29, 1.82) is 0 Å². The van der Waals surface area contributed by atoms with Gasteiger partial charge in [-0.05, 0) is 18.4 Å². The number of rotatable bonds is 5. The van der Waals surface area contributed by atoms with Gasteiger partial charge >= 0.3 is 0 Å². The van der Waals surface area contributed by atoms with E-state index in [1.54, 1.807) is 0 Å². The van der Waals surface area contributed by atoms with Gasteiger partial charge < -0.3 is 15.4 Å². The molecule has 0 unspecified atom stereocenters. The summed E-state index contributed by atoms with van der Waals surface area (Å²) in [6.45, 7) is 7.69. The highest BCUT2D eigenvalue weighted by Crippen LogP contribution is 2.18. The summed E-state index contributed by atoms with van der Waals surface area (Å²) in [5, 5.41) is 6.58. The molecule has 0 bridgehead atoms. The number of hydrogen-bond donors (Lipinski definition) is 2. The van der Waals surface area contributed by atoms with Crippen LogP contribution in [0.4, 0.5) is 0 Å². The van der Waals surface area contributed by atoms with Crippen LogP contribution in [0.15, 0.2) is 29.3 Å². The van der Waals surface area contributed by atoms with Crippen LogP contribution in [-0.4, -0.2) is 25.7 Å². The molecular weight excluding hydrogens is 365 g/mol. The molecule has 0 aromatic heterocycles. The number of nitrogens with one attached hydrogen (secondary N) is 2. The SMILES string of the molecule is CC(C)COc1ccccc1CNC1=NCCCN1.I. The second-order valence-corrected chi connectivity index (χ2v) is 5.18. The number of aliphatic imine (C=N–C) groups is 1. The summed E-state index contributed by atoms with van der Waals surface area (Å²) >= 11 is 0. The van der Waals surface area contributed by atoms with Crippen molar-refractivity contribution in [3.05, 3.63) is 29.8 Å². The summed E-state index contributed by atoms with van der Waals surface area (Å²) in [6, 6.07) is 8.16. The zero-order valence-electron chi connectivity index (χ0n) is 12.2. The molecule has 1 aliphatic heterocycles. The van der Waals surface area contributed by atoms with Gasteiger partial charge in [-0.15, -0.1) is 24.0 Å². The lowest BCUT2D eigenvalue weighted by molar-refractivity contribution is 0.268. The van der Waals surface area contributed by atoms with Gasteiger partial charge in [0.2, 0.25) is 0 Å². The first-order valence-corrected chi connectivity index (χ1v) is 6.98. The second-order valence-electron chi connectivity index (χ2n) is 5.18. The lowest BCUT2D eigenvalue weighted by atomic mass is 10.2. The van der Waals surface area contributed by atoms with E-state index in [0.29, 0.717) is 5.92 Å². The number of ether oxygens (including phenoxy) is 1. The monoisotopic (exact) mass is 389 g/mol. The average molecular weight is 389 g/mol. The fourth-order valence-corrected chi connectivity index (χ4v) is 1.88. The molecular formula is C15H24IN3O. The van der Waals surface area contributed by atoms with E-state index in [9.17, 15) is 0 Å². The summed E-state index contributed by atoms with van der Waals surface area (Å²) in [6.07, 6.45) is 1.11. The van der Waals surface area contributed by atoms with Gasteiger partial charge in [-0.25, -0.2) is 0 Å². The maximum absolute atomic E-state index is 5.84. The van der Waals surface area contributed by atoms with Crippen molar-refractivity contribution in [1.82, 2.24) is 10.6 Å². The number of hydrogen-bond acceptors (Lipinski definition) is 4. The Balaban J connectivity index is 0.00000200. The number of guanidine groups is 1. The molecule has 0 saturated heterocycles. The number of halogens is 1. The third-order valence-electron chi connectivity index (χ3n) is 2.89. The molecule has 0 fully saturated rings. The highest BCUT2D eigenvalue weighted by molar-refractivity contribution is 14.0. The Labute approximate surface area is 138 Å². The van der Waals surface area contributed by atoms with Crippen molar-refractivity contribution in [2.75, 3.05) is 19.7 Å². The predicted octanol–water partition coefficient (Wildman–Crippen LogP) is 2.78. The van der Waals surface area contributed by atoms with E-state index in [1.807, 2.05) is 18.2 Å². The highest BCUT2D eigenvalue weighted by Gasteiger charge is 2.07. The van der Waals surface area contributed by atoms with Gasteiger partial charge in [0.1, 0.15) is 5.75 Å². The maximum Gasteiger partial charge on any atom is 0.191 e. The van der Waals surface area contributed by atoms with E-state index in [-0.39, 0.29) is 24.0 Å². The first-order chi connectivity index (χ1) is 9.25. The fourth-order valence-electron chi connectivity index (χ4n) is 1.88. The third-order valence-corrected chi connectivity index (χ3v) is 2.89. The van der Waals surface area contributed by atoms with E-state index >= 15 is 0 Å². The minimum absolute atomic E-state index is 0. The van der Waals surface area contributed by atoms with Crippen LogP contribution in [0.2, 0.25) is 0 Å². The molecule has 0 amide bonds. The summed E-state index contributed by atoms with van der Waals surface area (Å²) < 4.78 is 5.84. The molecule has 0 spiro atoms. The molecule has 1 aromatic rings. The van der Waals surface area contributed by atoms with Gasteiger partial charge in [-0.3, -0.25) is 4.99 Å². The predicted molar refractivity (Wildman–Crippen MR) is 94.0 cm³/mol. The highest BCUT2D eigenvalue weighted by atomic mass is 127. The van der Waals surface area contributed by atoms with Crippen LogP contribution >= 0.6 is 24.0 Å². The quantitative estimate of drug-likeness (QED) is 0.762. The van der Waals surface area contributed by atoms with Gasteiger partial charge in [0.05, 0.1) is 6.61 Å². The van der Waals surface area contributed by atoms with Gasteiger partial charge in [0, 0.05) is 25.2 Å². The number of nitrogens with zero attached hydrogens (tertiary/aromatic N) is 1. The maximum atomic E-state index is 5.84. The van der Waals surface area contributed by atoms with E-state index in [0.717, 1.165) is 44.4 Å². The molecule has 112 valence electrons. The van der Waals surface area contributed by atoms with Crippen molar-refractivity contribution < 1.29 is 4.74 Å². The average Bonchev–Trinajstić information content (AvgIpc) is 2.45. The molecule has 5 heteroatoms. The Morgan fingerprint density at radius 3 is 2.85 bits per heavy atom. The standard InChI is InChI=1S/C15H23N3O.HI/c1-12(2)11-19-14-7-4-3-6-13(14)10-18-15-16-8-5-9-17-15;/h3-4,6-7,12H,5,8-11H2,1-2H3,(H2,16,17,18);1H. The molecule has 20 heavy (non-hydrogen) atoms. The Kier molecular flexibility index (Phi) is 7.72. The minimum Gasteiger partial charge on any atom is -0.493 e. The largest absolute Gasteiger partial charge is 0.493 e. The molecule has 2 N–H and O–H groups in total.